The Balaban J connectivity index is 1.58. The molecule has 2 aliphatic rings. The Morgan fingerprint density at radius 3 is 2.42 bits per heavy atom. The van der Waals surface area contributed by atoms with Crippen molar-refractivity contribution in [3.05, 3.63) is 94.0 Å². The third-order valence-corrected chi connectivity index (χ3v) is 8.77. The zero-order valence-electron chi connectivity index (χ0n) is 18.8. The molecule has 31 heavy (non-hydrogen) atoms. The maximum Gasteiger partial charge on any atom is 0.0717 e. The van der Waals surface area contributed by atoms with Gasteiger partial charge in [-0.05, 0) is 77.8 Å². The number of nitrogens with zero attached hydrogens (tertiary/aromatic N) is 1. The van der Waals surface area contributed by atoms with E-state index in [1.54, 1.807) is 0 Å². The van der Waals surface area contributed by atoms with Crippen molar-refractivity contribution < 1.29 is 0 Å². The molecule has 0 saturated heterocycles. The number of pyridine rings is 1. The normalized spacial score (nSPS) is 20.5. The maximum atomic E-state index is 5.20. The van der Waals surface area contributed by atoms with Gasteiger partial charge in [0, 0.05) is 27.0 Å². The van der Waals surface area contributed by atoms with E-state index in [9.17, 15) is 0 Å². The number of aromatic nitrogens is 1. The average molecular weight is 422 g/mol. The van der Waals surface area contributed by atoms with Gasteiger partial charge in [-0.15, -0.1) is 11.8 Å². The molecule has 6 rings (SSSR count). The largest absolute Gasteiger partial charge is 0.248 e. The number of hydrogen-bond donors (Lipinski definition) is 0. The molecule has 154 valence electrons. The van der Waals surface area contributed by atoms with Crippen LogP contribution in [0.4, 0.5) is 0 Å². The fraction of sp³-hybridized carbons (Fsp3) is 0.276. The van der Waals surface area contributed by atoms with Gasteiger partial charge < -0.3 is 0 Å². The SMILES string of the molecule is Cc1cc(C)c2c(C)cc(-c3cccc4c3C(C)(C)C3c5ccccc5SC43)nc2c1. The fourth-order valence-electron chi connectivity index (χ4n) is 6.24. The van der Waals surface area contributed by atoms with Gasteiger partial charge in [-0.2, -0.15) is 0 Å². The number of hydrogen-bond acceptors (Lipinski definition) is 2. The van der Waals surface area contributed by atoms with Crippen LogP contribution in [-0.2, 0) is 5.41 Å². The third-order valence-electron chi connectivity index (χ3n) is 7.36. The van der Waals surface area contributed by atoms with E-state index in [4.69, 9.17) is 4.98 Å². The first kappa shape index (κ1) is 19.1. The van der Waals surface area contributed by atoms with E-state index >= 15 is 0 Å². The number of aryl methyl sites for hydroxylation is 3. The molecule has 0 amide bonds. The van der Waals surface area contributed by atoms with Crippen LogP contribution in [0.1, 0.15) is 58.4 Å². The Kier molecular flexibility index (Phi) is 3.99. The molecule has 2 heteroatoms. The zero-order chi connectivity index (χ0) is 21.5. The van der Waals surface area contributed by atoms with E-state index in [2.05, 4.69) is 95.3 Å². The molecule has 2 heterocycles. The molecule has 3 aromatic carbocycles. The molecule has 1 aliphatic carbocycles. The minimum Gasteiger partial charge on any atom is -0.248 e. The second kappa shape index (κ2) is 6.46. The van der Waals surface area contributed by atoms with Crippen molar-refractivity contribution in [3.8, 4) is 11.3 Å². The summed E-state index contributed by atoms with van der Waals surface area (Å²) in [5.41, 5.74) is 12.0. The minimum atomic E-state index is 0.0588. The van der Waals surface area contributed by atoms with Crippen LogP contribution in [0.3, 0.4) is 0 Å². The Morgan fingerprint density at radius 2 is 1.58 bits per heavy atom. The van der Waals surface area contributed by atoms with E-state index in [-0.39, 0.29) is 5.41 Å². The predicted octanol–water partition coefficient (Wildman–Crippen LogP) is 8.05. The standard InChI is InChI=1S/C29H27NS/c1-16-13-17(2)25-18(3)15-22(30-23(25)14-16)19-10-8-11-21-26(19)29(4,5)27-20-9-6-7-12-24(20)31-28(21)27/h6-15,27-28H,1-5H3. The number of fused-ring (bicyclic) bond motifs is 6. The van der Waals surface area contributed by atoms with Crippen molar-refractivity contribution in [1.29, 1.82) is 0 Å². The lowest BCUT2D eigenvalue weighted by molar-refractivity contribution is 0.446. The Morgan fingerprint density at radius 1 is 0.839 bits per heavy atom. The quantitative estimate of drug-likeness (QED) is 0.308. The van der Waals surface area contributed by atoms with Gasteiger partial charge in [0.25, 0.3) is 0 Å². The van der Waals surface area contributed by atoms with Crippen LogP contribution in [0.25, 0.3) is 22.2 Å². The first-order valence-electron chi connectivity index (χ1n) is 11.1. The summed E-state index contributed by atoms with van der Waals surface area (Å²) in [5.74, 6) is 0.510. The van der Waals surface area contributed by atoms with Gasteiger partial charge in [-0.3, -0.25) is 0 Å². The van der Waals surface area contributed by atoms with Crippen LogP contribution in [0, 0.1) is 20.8 Å². The van der Waals surface area contributed by atoms with Crippen molar-refractivity contribution >= 4 is 22.7 Å². The Bertz CT molecular complexity index is 1380. The topological polar surface area (TPSA) is 12.9 Å². The molecular weight excluding hydrogens is 394 g/mol. The molecule has 0 spiro atoms. The zero-order valence-corrected chi connectivity index (χ0v) is 19.6. The van der Waals surface area contributed by atoms with Gasteiger partial charge in [0.2, 0.25) is 0 Å². The predicted molar refractivity (Wildman–Crippen MR) is 132 cm³/mol. The van der Waals surface area contributed by atoms with Crippen molar-refractivity contribution in [1.82, 2.24) is 4.98 Å². The highest BCUT2D eigenvalue weighted by Crippen LogP contribution is 2.67. The molecule has 0 saturated carbocycles. The second-order valence-electron chi connectivity index (χ2n) is 9.85. The highest BCUT2D eigenvalue weighted by molar-refractivity contribution is 8.00. The van der Waals surface area contributed by atoms with Gasteiger partial charge in [0.05, 0.1) is 11.2 Å². The summed E-state index contributed by atoms with van der Waals surface area (Å²) < 4.78 is 0. The summed E-state index contributed by atoms with van der Waals surface area (Å²) >= 11 is 2.04. The van der Waals surface area contributed by atoms with Crippen molar-refractivity contribution in [2.24, 2.45) is 0 Å². The molecule has 0 radical (unpaired) electrons. The Labute approximate surface area is 188 Å². The molecule has 2 atom stereocenters. The molecular formula is C29H27NS. The minimum absolute atomic E-state index is 0.0588. The third kappa shape index (κ3) is 2.61. The lowest BCUT2D eigenvalue weighted by atomic mass is 9.73. The van der Waals surface area contributed by atoms with Crippen molar-refractivity contribution in [2.45, 2.75) is 56.1 Å². The van der Waals surface area contributed by atoms with E-state index in [1.165, 1.54) is 49.2 Å². The highest BCUT2D eigenvalue weighted by atomic mass is 32.2. The van der Waals surface area contributed by atoms with Crippen LogP contribution >= 0.6 is 11.8 Å². The highest BCUT2D eigenvalue weighted by Gasteiger charge is 2.52. The molecule has 1 aliphatic heterocycles. The van der Waals surface area contributed by atoms with Crippen LogP contribution in [0.5, 0.6) is 0 Å². The first-order chi connectivity index (χ1) is 14.9. The summed E-state index contributed by atoms with van der Waals surface area (Å²) in [7, 11) is 0. The summed E-state index contributed by atoms with van der Waals surface area (Å²) in [5, 5.41) is 1.79. The maximum absolute atomic E-state index is 5.20. The molecule has 2 unspecified atom stereocenters. The van der Waals surface area contributed by atoms with Crippen LogP contribution in [0.2, 0.25) is 0 Å². The molecule has 0 bridgehead atoms. The summed E-state index contributed by atoms with van der Waals surface area (Å²) in [4.78, 5) is 6.65. The van der Waals surface area contributed by atoms with Gasteiger partial charge in [-0.25, -0.2) is 4.98 Å². The van der Waals surface area contributed by atoms with Crippen molar-refractivity contribution in [3.63, 3.8) is 0 Å². The summed E-state index contributed by atoms with van der Waals surface area (Å²) in [6, 6.07) is 22.7. The lowest BCUT2D eigenvalue weighted by Crippen LogP contribution is -2.22. The van der Waals surface area contributed by atoms with E-state index in [0.717, 1.165) is 11.2 Å². The smallest absolute Gasteiger partial charge is 0.0717 e. The van der Waals surface area contributed by atoms with Gasteiger partial charge in [-0.1, -0.05) is 56.3 Å². The first-order valence-corrected chi connectivity index (χ1v) is 12.0. The average Bonchev–Trinajstić information content (AvgIpc) is 3.21. The number of rotatable bonds is 1. The van der Waals surface area contributed by atoms with Crippen LogP contribution in [0.15, 0.2) is 65.6 Å². The van der Waals surface area contributed by atoms with E-state index in [1.807, 2.05) is 11.8 Å². The van der Waals surface area contributed by atoms with Crippen molar-refractivity contribution in [2.75, 3.05) is 0 Å². The van der Waals surface area contributed by atoms with Gasteiger partial charge >= 0.3 is 0 Å². The fourth-order valence-corrected chi connectivity index (χ4v) is 7.95. The monoisotopic (exact) mass is 421 g/mol. The molecule has 0 fully saturated rings. The molecule has 1 nitrogen and oxygen atoms in total. The van der Waals surface area contributed by atoms with E-state index < -0.39 is 0 Å². The second-order valence-corrected chi connectivity index (χ2v) is 11.0. The Hall–Kier alpha value is -2.58. The molecule has 0 N–H and O–H groups in total. The molecule has 4 aromatic rings. The van der Waals surface area contributed by atoms with Gasteiger partial charge in [0.15, 0.2) is 0 Å². The van der Waals surface area contributed by atoms with Gasteiger partial charge in [0.1, 0.15) is 0 Å². The molecule has 1 aromatic heterocycles. The number of benzene rings is 3. The van der Waals surface area contributed by atoms with Crippen LogP contribution in [-0.4, -0.2) is 4.98 Å². The lowest BCUT2D eigenvalue weighted by Gasteiger charge is -2.30. The van der Waals surface area contributed by atoms with Crippen LogP contribution < -0.4 is 0 Å². The van der Waals surface area contributed by atoms with E-state index in [0.29, 0.717) is 11.2 Å². The summed E-state index contributed by atoms with van der Waals surface area (Å²) in [6.45, 7) is 11.5. The number of thioether (sulfide) groups is 1. The summed E-state index contributed by atoms with van der Waals surface area (Å²) in [6.07, 6.45) is 0.